The van der Waals surface area contributed by atoms with Crippen molar-refractivity contribution < 1.29 is 15.0 Å². The molecule has 0 aromatic heterocycles. The summed E-state index contributed by atoms with van der Waals surface area (Å²) >= 11 is 5.89. The molecule has 0 unspecified atom stereocenters. The number of rotatable bonds is 4. The third-order valence-corrected chi connectivity index (χ3v) is 2.84. The summed E-state index contributed by atoms with van der Waals surface area (Å²) in [5.74, 6) is -0.900. The average Bonchev–Trinajstić information content (AvgIpc) is 2.22. The van der Waals surface area contributed by atoms with Gasteiger partial charge in [-0.2, -0.15) is 0 Å². The molecule has 5 heteroatoms. The molecule has 0 amide bonds. The first-order valence-corrected chi connectivity index (χ1v) is 5.70. The van der Waals surface area contributed by atoms with Crippen LogP contribution in [0.1, 0.15) is 30.9 Å². The van der Waals surface area contributed by atoms with E-state index in [1.165, 1.54) is 0 Å². The summed E-state index contributed by atoms with van der Waals surface area (Å²) in [6.45, 7) is 3.85. The quantitative estimate of drug-likeness (QED) is 0.772. The van der Waals surface area contributed by atoms with Crippen LogP contribution in [0.2, 0.25) is 5.02 Å². The molecule has 1 aromatic carbocycles. The molecule has 1 atom stereocenters. The molecule has 0 fully saturated rings. The standard InChI is InChI=1S/C12H16ClNO3/c1-6(2)8-3-7(4-9(13)11(8)15)5-10(14)12(16)17/h3-4,6,10,15H,5,14H2,1-2H3,(H,16,17)/t10-/m0/s1. The highest BCUT2D eigenvalue weighted by Crippen LogP contribution is 2.34. The van der Waals surface area contributed by atoms with Gasteiger partial charge in [0.05, 0.1) is 5.02 Å². The molecule has 0 bridgehead atoms. The van der Waals surface area contributed by atoms with Crippen LogP contribution < -0.4 is 5.73 Å². The molecule has 17 heavy (non-hydrogen) atoms. The number of phenols is 1. The lowest BCUT2D eigenvalue weighted by Crippen LogP contribution is -2.32. The molecule has 0 radical (unpaired) electrons. The fraction of sp³-hybridized carbons (Fsp3) is 0.417. The van der Waals surface area contributed by atoms with Gasteiger partial charge in [-0.25, -0.2) is 0 Å². The summed E-state index contributed by atoms with van der Waals surface area (Å²) in [5.41, 5.74) is 6.87. The van der Waals surface area contributed by atoms with E-state index in [1.807, 2.05) is 13.8 Å². The van der Waals surface area contributed by atoms with Crippen molar-refractivity contribution in [3.63, 3.8) is 0 Å². The number of carboxylic acid groups (broad SMARTS) is 1. The van der Waals surface area contributed by atoms with Crippen molar-refractivity contribution in [2.45, 2.75) is 32.2 Å². The molecule has 0 heterocycles. The maximum atomic E-state index is 10.7. The van der Waals surface area contributed by atoms with E-state index in [0.29, 0.717) is 11.1 Å². The third kappa shape index (κ3) is 3.35. The summed E-state index contributed by atoms with van der Waals surface area (Å²) in [5, 5.41) is 18.7. The van der Waals surface area contributed by atoms with Crippen LogP contribution in [0.15, 0.2) is 12.1 Å². The Kier molecular flexibility index (Phi) is 4.37. The van der Waals surface area contributed by atoms with Crippen molar-refractivity contribution in [3.8, 4) is 5.75 Å². The maximum Gasteiger partial charge on any atom is 0.320 e. The Morgan fingerprint density at radius 3 is 2.53 bits per heavy atom. The van der Waals surface area contributed by atoms with E-state index < -0.39 is 12.0 Å². The lowest BCUT2D eigenvalue weighted by atomic mass is 9.97. The lowest BCUT2D eigenvalue weighted by Gasteiger charge is -2.13. The smallest absolute Gasteiger partial charge is 0.320 e. The zero-order valence-electron chi connectivity index (χ0n) is 9.77. The van der Waals surface area contributed by atoms with E-state index in [-0.39, 0.29) is 23.1 Å². The minimum atomic E-state index is -1.06. The molecule has 0 aliphatic heterocycles. The van der Waals surface area contributed by atoms with Gasteiger partial charge in [-0.05, 0) is 29.5 Å². The second kappa shape index (κ2) is 5.38. The summed E-state index contributed by atoms with van der Waals surface area (Å²) in [6, 6.07) is 2.33. The second-order valence-electron chi connectivity index (χ2n) is 4.32. The molecule has 1 aromatic rings. The molecule has 94 valence electrons. The van der Waals surface area contributed by atoms with E-state index in [0.717, 1.165) is 0 Å². The minimum absolute atomic E-state index is 0.0503. The fourth-order valence-corrected chi connectivity index (χ4v) is 1.83. The Labute approximate surface area is 105 Å². The van der Waals surface area contributed by atoms with Crippen LogP contribution in [-0.4, -0.2) is 22.2 Å². The molecule has 4 nitrogen and oxygen atoms in total. The molecule has 1 rings (SSSR count). The fourth-order valence-electron chi connectivity index (χ4n) is 1.58. The van der Waals surface area contributed by atoms with Gasteiger partial charge in [0.25, 0.3) is 0 Å². The monoisotopic (exact) mass is 257 g/mol. The minimum Gasteiger partial charge on any atom is -0.506 e. The zero-order chi connectivity index (χ0) is 13.2. The molecular weight excluding hydrogens is 242 g/mol. The van der Waals surface area contributed by atoms with Crippen molar-refractivity contribution in [2.24, 2.45) is 5.73 Å². The van der Waals surface area contributed by atoms with Crippen LogP contribution in [0.25, 0.3) is 0 Å². The summed E-state index contributed by atoms with van der Waals surface area (Å²) in [4.78, 5) is 10.7. The highest BCUT2D eigenvalue weighted by atomic mass is 35.5. The van der Waals surface area contributed by atoms with Gasteiger partial charge in [-0.15, -0.1) is 0 Å². The summed E-state index contributed by atoms with van der Waals surface area (Å²) in [7, 11) is 0. The Morgan fingerprint density at radius 2 is 2.06 bits per heavy atom. The molecular formula is C12H16ClNO3. The molecule has 0 saturated heterocycles. The number of halogens is 1. The SMILES string of the molecule is CC(C)c1cc(C[C@H](N)C(=O)O)cc(Cl)c1O. The van der Waals surface area contributed by atoms with Crippen molar-refractivity contribution in [1.82, 2.24) is 0 Å². The van der Waals surface area contributed by atoms with E-state index in [1.54, 1.807) is 12.1 Å². The van der Waals surface area contributed by atoms with Gasteiger partial charge in [0.1, 0.15) is 11.8 Å². The van der Waals surface area contributed by atoms with Crippen LogP contribution in [0, 0.1) is 0 Å². The highest BCUT2D eigenvalue weighted by Gasteiger charge is 2.16. The van der Waals surface area contributed by atoms with Crippen LogP contribution >= 0.6 is 11.6 Å². The number of nitrogens with two attached hydrogens (primary N) is 1. The second-order valence-corrected chi connectivity index (χ2v) is 4.73. The van der Waals surface area contributed by atoms with Gasteiger partial charge in [0, 0.05) is 0 Å². The van der Waals surface area contributed by atoms with E-state index in [9.17, 15) is 9.90 Å². The first kappa shape index (κ1) is 13.8. The van der Waals surface area contributed by atoms with Gasteiger partial charge in [0.2, 0.25) is 0 Å². The number of carboxylic acids is 1. The summed E-state index contributed by atoms with van der Waals surface area (Å²) < 4.78 is 0. The van der Waals surface area contributed by atoms with Gasteiger partial charge in [-0.1, -0.05) is 31.5 Å². The number of aliphatic carboxylic acids is 1. The molecule has 0 saturated carbocycles. The predicted octanol–water partition coefficient (Wildman–Crippen LogP) is 2.12. The highest BCUT2D eigenvalue weighted by molar-refractivity contribution is 6.32. The molecule has 4 N–H and O–H groups in total. The van der Waals surface area contributed by atoms with Crippen LogP contribution in [0.3, 0.4) is 0 Å². The predicted molar refractivity (Wildman–Crippen MR) is 66.5 cm³/mol. The van der Waals surface area contributed by atoms with E-state index in [2.05, 4.69) is 0 Å². The van der Waals surface area contributed by atoms with Crippen LogP contribution in [0.4, 0.5) is 0 Å². The topological polar surface area (TPSA) is 83.6 Å². The van der Waals surface area contributed by atoms with Crippen molar-refractivity contribution in [1.29, 1.82) is 0 Å². The number of aromatic hydroxyl groups is 1. The van der Waals surface area contributed by atoms with Gasteiger partial charge >= 0.3 is 5.97 Å². The largest absolute Gasteiger partial charge is 0.506 e. The summed E-state index contributed by atoms with van der Waals surface area (Å²) in [6.07, 6.45) is 0.190. The zero-order valence-corrected chi connectivity index (χ0v) is 10.5. The van der Waals surface area contributed by atoms with Crippen LogP contribution in [-0.2, 0) is 11.2 Å². The first-order chi connectivity index (χ1) is 7.82. The van der Waals surface area contributed by atoms with Crippen LogP contribution in [0.5, 0.6) is 5.75 Å². The number of carbonyl (C=O) groups is 1. The molecule has 0 spiro atoms. The van der Waals surface area contributed by atoms with Crippen molar-refractivity contribution in [3.05, 3.63) is 28.3 Å². The molecule has 0 aliphatic rings. The maximum absolute atomic E-state index is 10.7. The number of hydrogen-bond donors (Lipinski definition) is 3. The van der Waals surface area contributed by atoms with Gasteiger partial charge in [0.15, 0.2) is 0 Å². The van der Waals surface area contributed by atoms with Crippen molar-refractivity contribution in [2.75, 3.05) is 0 Å². The normalized spacial score (nSPS) is 12.8. The van der Waals surface area contributed by atoms with Gasteiger partial charge in [-0.3, -0.25) is 4.79 Å². The number of benzene rings is 1. The van der Waals surface area contributed by atoms with E-state index >= 15 is 0 Å². The average molecular weight is 258 g/mol. The first-order valence-electron chi connectivity index (χ1n) is 5.32. The Morgan fingerprint density at radius 1 is 1.47 bits per heavy atom. The number of phenolic OH excluding ortho intramolecular Hbond substituents is 1. The Hall–Kier alpha value is -1.26. The Bertz CT molecular complexity index is 432. The Balaban J connectivity index is 3.06. The van der Waals surface area contributed by atoms with Crippen molar-refractivity contribution >= 4 is 17.6 Å². The van der Waals surface area contributed by atoms with E-state index in [4.69, 9.17) is 22.4 Å². The lowest BCUT2D eigenvalue weighted by molar-refractivity contribution is -0.138. The van der Waals surface area contributed by atoms with Gasteiger partial charge < -0.3 is 15.9 Å². The molecule has 0 aliphatic carbocycles. The third-order valence-electron chi connectivity index (χ3n) is 2.55. The number of hydrogen-bond acceptors (Lipinski definition) is 3.